The summed E-state index contributed by atoms with van der Waals surface area (Å²) in [5, 5.41) is 27.9. The van der Waals surface area contributed by atoms with Crippen LogP contribution in [0.3, 0.4) is 0 Å². The molecule has 0 spiro atoms. The van der Waals surface area contributed by atoms with Gasteiger partial charge in [-0.25, -0.2) is 4.98 Å². The average Bonchev–Trinajstić information content (AvgIpc) is 3.41. The van der Waals surface area contributed by atoms with Gasteiger partial charge in [0.05, 0.1) is 47.8 Å². The van der Waals surface area contributed by atoms with Crippen LogP contribution in [-0.2, 0) is 0 Å². The van der Waals surface area contributed by atoms with Crippen LogP contribution in [0.25, 0.3) is 45.3 Å². The van der Waals surface area contributed by atoms with Crippen LogP contribution < -0.4 is 0 Å². The molecule has 32 heavy (non-hydrogen) atoms. The highest BCUT2D eigenvalue weighted by atomic mass is 35.5. The van der Waals surface area contributed by atoms with Crippen molar-refractivity contribution < 1.29 is 14.6 Å². The summed E-state index contributed by atoms with van der Waals surface area (Å²) in [5.41, 5.74) is 2.24. The van der Waals surface area contributed by atoms with Gasteiger partial charge in [-0.3, -0.25) is 0 Å². The van der Waals surface area contributed by atoms with E-state index in [4.69, 9.17) is 50.8 Å². The number of hydrogen-bond donors (Lipinski definition) is 3. The number of imidazole rings is 1. The number of nitrogens with one attached hydrogen (secondary N) is 1. The van der Waals surface area contributed by atoms with Crippen molar-refractivity contribution in [2.75, 3.05) is 0 Å². The van der Waals surface area contributed by atoms with Crippen molar-refractivity contribution in [1.29, 1.82) is 0 Å². The van der Waals surface area contributed by atoms with E-state index in [2.05, 4.69) is 20.2 Å². The fourth-order valence-corrected chi connectivity index (χ4v) is 4.28. The van der Waals surface area contributed by atoms with Crippen LogP contribution in [0.1, 0.15) is 0 Å². The molecule has 2 aromatic heterocycles. The Hall–Kier alpha value is -2.97. The number of halogens is 4. The fourth-order valence-electron chi connectivity index (χ4n) is 3.26. The number of aromatic amines is 1. The highest BCUT2D eigenvalue weighted by Crippen LogP contribution is 2.49. The Labute approximate surface area is 200 Å². The lowest BCUT2D eigenvalue weighted by molar-refractivity contribution is 0.450. The van der Waals surface area contributed by atoms with Crippen LogP contribution in [0.2, 0.25) is 20.1 Å². The second kappa shape index (κ2) is 7.86. The van der Waals surface area contributed by atoms with E-state index in [9.17, 15) is 10.2 Å². The van der Waals surface area contributed by atoms with Crippen molar-refractivity contribution in [3.63, 3.8) is 0 Å². The molecule has 0 aliphatic rings. The molecule has 3 aromatic carbocycles. The maximum Gasteiger partial charge on any atom is 0.251 e. The van der Waals surface area contributed by atoms with Crippen LogP contribution in [0.15, 0.2) is 46.9 Å². The Balaban J connectivity index is 1.75. The number of hydrogen-bond acceptors (Lipinski definition) is 6. The number of aromatic nitrogens is 4. The number of phenolic OH excluding ortho intramolecular Hbond substituents is 2. The second-order valence-corrected chi connectivity index (χ2v) is 8.23. The summed E-state index contributed by atoms with van der Waals surface area (Å²) in [6.07, 6.45) is 0. The zero-order valence-electron chi connectivity index (χ0n) is 15.7. The standard InChI is InChI=1S/C21H10Cl4N4O3/c22-15-13(19-26-10-3-1-2-4-11(10)27-19)14(16(23)18(25)17(15)24)21-29-28-20(32-21)9-6-5-8(30)7-12(9)31/h1-7,30-31H,(H,26,27). The van der Waals surface area contributed by atoms with E-state index in [1.165, 1.54) is 12.1 Å². The lowest BCUT2D eigenvalue weighted by atomic mass is 10.1. The summed E-state index contributed by atoms with van der Waals surface area (Å²) >= 11 is 25.7. The summed E-state index contributed by atoms with van der Waals surface area (Å²) in [5.74, 6) is -0.00735. The van der Waals surface area contributed by atoms with Gasteiger partial charge in [0.15, 0.2) is 0 Å². The molecule has 0 radical (unpaired) electrons. The number of H-pyrrole nitrogens is 1. The molecule has 0 unspecified atom stereocenters. The van der Waals surface area contributed by atoms with Gasteiger partial charge in [0, 0.05) is 6.07 Å². The lowest BCUT2D eigenvalue weighted by Gasteiger charge is -2.12. The van der Waals surface area contributed by atoms with E-state index in [1.54, 1.807) is 0 Å². The van der Waals surface area contributed by atoms with Gasteiger partial charge < -0.3 is 19.6 Å². The highest BCUT2D eigenvalue weighted by molar-refractivity contribution is 6.54. The number of fused-ring (bicyclic) bond motifs is 1. The van der Waals surface area contributed by atoms with E-state index in [0.717, 1.165) is 11.6 Å². The molecule has 0 bridgehead atoms. The molecule has 0 saturated heterocycles. The summed E-state index contributed by atoms with van der Waals surface area (Å²) in [6.45, 7) is 0. The summed E-state index contributed by atoms with van der Waals surface area (Å²) < 4.78 is 5.79. The first-order chi connectivity index (χ1) is 15.3. The Morgan fingerprint density at radius 3 is 2.19 bits per heavy atom. The zero-order chi connectivity index (χ0) is 22.6. The van der Waals surface area contributed by atoms with E-state index in [0.29, 0.717) is 16.9 Å². The van der Waals surface area contributed by atoms with Gasteiger partial charge in [-0.2, -0.15) is 0 Å². The predicted molar refractivity (Wildman–Crippen MR) is 124 cm³/mol. The fraction of sp³-hybridized carbons (Fsp3) is 0. The van der Waals surface area contributed by atoms with Crippen LogP contribution >= 0.6 is 46.4 Å². The molecule has 0 aliphatic heterocycles. The molecular weight excluding hydrogens is 498 g/mol. The SMILES string of the molecule is Oc1ccc(-c2nnc(-c3c(Cl)c(Cl)c(Cl)c(Cl)c3-c3nc4ccccc4[nH]3)o2)c(O)c1. The van der Waals surface area contributed by atoms with Crippen LogP contribution in [0.4, 0.5) is 0 Å². The number of rotatable bonds is 3. The maximum absolute atomic E-state index is 10.1. The molecular formula is C21H10Cl4N4O3. The minimum Gasteiger partial charge on any atom is -0.508 e. The Morgan fingerprint density at radius 2 is 1.47 bits per heavy atom. The number of aromatic hydroxyl groups is 2. The molecule has 7 nitrogen and oxygen atoms in total. The number of benzene rings is 3. The minimum absolute atomic E-state index is 0.00804. The van der Waals surface area contributed by atoms with Crippen molar-refractivity contribution in [3.05, 3.63) is 62.6 Å². The summed E-state index contributed by atoms with van der Waals surface area (Å²) in [4.78, 5) is 7.75. The first-order valence-electron chi connectivity index (χ1n) is 9.02. The molecule has 5 aromatic rings. The quantitative estimate of drug-likeness (QED) is 0.180. The largest absolute Gasteiger partial charge is 0.508 e. The molecule has 11 heteroatoms. The first-order valence-corrected chi connectivity index (χ1v) is 10.5. The molecule has 0 amide bonds. The van der Waals surface area contributed by atoms with Crippen molar-refractivity contribution in [2.24, 2.45) is 0 Å². The predicted octanol–water partition coefficient (Wildman–Crippen LogP) is 6.97. The van der Waals surface area contributed by atoms with Gasteiger partial charge >= 0.3 is 0 Å². The van der Waals surface area contributed by atoms with Gasteiger partial charge in [0.25, 0.3) is 11.8 Å². The Kier molecular flexibility index (Phi) is 5.14. The molecule has 5 rings (SSSR count). The molecule has 0 atom stereocenters. The second-order valence-electron chi connectivity index (χ2n) is 6.72. The Morgan fingerprint density at radius 1 is 0.781 bits per heavy atom. The molecule has 3 N–H and O–H groups in total. The van der Waals surface area contributed by atoms with Crippen LogP contribution in [0, 0.1) is 0 Å². The van der Waals surface area contributed by atoms with E-state index >= 15 is 0 Å². The van der Waals surface area contributed by atoms with Crippen molar-refractivity contribution in [2.45, 2.75) is 0 Å². The van der Waals surface area contributed by atoms with Gasteiger partial charge in [-0.05, 0) is 24.3 Å². The minimum atomic E-state index is -0.240. The van der Waals surface area contributed by atoms with Crippen molar-refractivity contribution >= 4 is 57.4 Å². The average molecular weight is 508 g/mol. The van der Waals surface area contributed by atoms with Gasteiger partial charge in [-0.1, -0.05) is 58.5 Å². The van der Waals surface area contributed by atoms with E-state index in [1.807, 2.05) is 24.3 Å². The highest BCUT2D eigenvalue weighted by Gasteiger charge is 2.28. The summed E-state index contributed by atoms with van der Waals surface area (Å²) in [6, 6.07) is 11.4. The van der Waals surface area contributed by atoms with Crippen molar-refractivity contribution in [3.8, 4) is 45.8 Å². The van der Waals surface area contributed by atoms with Crippen LogP contribution in [-0.4, -0.2) is 30.4 Å². The first kappa shape index (κ1) is 20.9. The molecule has 160 valence electrons. The topological polar surface area (TPSA) is 108 Å². The molecule has 0 saturated carbocycles. The molecule has 0 aliphatic carbocycles. The maximum atomic E-state index is 10.1. The van der Waals surface area contributed by atoms with E-state index in [-0.39, 0.29) is 54.5 Å². The van der Waals surface area contributed by atoms with Crippen molar-refractivity contribution in [1.82, 2.24) is 20.2 Å². The Bertz CT molecular complexity index is 1480. The smallest absolute Gasteiger partial charge is 0.251 e. The zero-order valence-corrected chi connectivity index (χ0v) is 18.7. The lowest BCUT2D eigenvalue weighted by Crippen LogP contribution is -1.93. The molecule has 2 heterocycles. The van der Waals surface area contributed by atoms with Gasteiger partial charge in [0.1, 0.15) is 17.3 Å². The third-order valence-corrected chi connectivity index (χ3v) is 6.55. The van der Waals surface area contributed by atoms with Crippen LogP contribution in [0.5, 0.6) is 11.5 Å². The van der Waals surface area contributed by atoms with Gasteiger partial charge in [-0.15, -0.1) is 10.2 Å². The number of phenols is 2. The third-order valence-electron chi connectivity index (χ3n) is 4.74. The van der Waals surface area contributed by atoms with E-state index < -0.39 is 0 Å². The third kappa shape index (κ3) is 3.34. The number of para-hydroxylation sites is 2. The normalized spacial score (nSPS) is 11.4. The number of nitrogens with zero attached hydrogens (tertiary/aromatic N) is 3. The monoisotopic (exact) mass is 506 g/mol. The molecule has 0 fully saturated rings. The summed E-state index contributed by atoms with van der Waals surface area (Å²) in [7, 11) is 0. The van der Waals surface area contributed by atoms with Gasteiger partial charge in [0.2, 0.25) is 0 Å².